The quantitative estimate of drug-likeness (QED) is 0.563. The van der Waals surface area contributed by atoms with Crippen molar-refractivity contribution in [3.05, 3.63) is 71.0 Å². The highest BCUT2D eigenvalue weighted by molar-refractivity contribution is 5.94. The number of carboxylic acid groups (broad SMARTS) is 1. The molecule has 5 nitrogen and oxygen atoms in total. The summed E-state index contributed by atoms with van der Waals surface area (Å²) in [5.41, 5.74) is 8.26. The molecule has 1 aliphatic rings. The molecule has 1 aliphatic carbocycles. The van der Waals surface area contributed by atoms with Gasteiger partial charge in [-0.05, 0) is 78.8 Å². The van der Waals surface area contributed by atoms with Crippen LogP contribution in [-0.2, 0) is 11.2 Å². The Morgan fingerprint density at radius 3 is 2.25 bits per heavy atom. The molecule has 0 bridgehead atoms. The van der Waals surface area contributed by atoms with E-state index in [1.54, 1.807) is 24.3 Å². The van der Waals surface area contributed by atoms with E-state index in [0.29, 0.717) is 23.4 Å². The molecule has 1 amide bonds. The minimum absolute atomic E-state index is 0.128. The van der Waals surface area contributed by atoms with Crippen LogP contribution in [0.15, 0.2) is 48.5 Å². The van der Waals surface area contributed by atoms with Crippen molar-refractivity contribution in [2.45, 2.75) is 57.9 Å². The number of aliphatic carboxylic acids is 1. The zero-order valence-electron chi connectivity index (χ0n) is 18.8. The molecular weight excluding hydrogens is 407 g/mol. The molecule has 0 saturated heterocycles. The lowest BCUT2D eigenvalue weighted by Gasteiger charge is -2.38. The number of hydrogen-bond acceptors (Lipinski definition) is 3. The number of nitrogens with two attached hydrogens (primary N) is 1. The number of halogens is 1. The number of rotatable bonds is 8. The van der Waals surface area contributed by atoms with Gasteiger partial charge in [0.05, 0.1) is 0 Å². The normalized spacial score (nSPS) is 18.0. The summed E-state index contributed by atoms with van der Waals surface area (Å²) in [6.45, 7) is 5.08. The lowest BCUT2D eigenvalue weighted by Crippen LogP contribution is -2.34. The minimum atomic E-state index is -1.05. The molecule has 0 spiro atoms. The standard InChI is InChI=1S/C26H33FN2O3/c1-26(2)13-11-19(12-14-26)22(18-7-9-21(27)10-8-18)16-29-24(30)20-5-3-17(4-6-20)15-23(28)25(31)32/h3-10,19,22-23H,11-16,28H2,1-2H3,(H,29,30)(H,31,32)/t22-,23-/m0/s1. The van der Waals surface area contributed by atoms with E-state index in [1.165, 1.54) is 12.1 Å². The molecule has 0 aliphatic heterocycles. The van der Waals surface area contributed by atoms with Gasteiger partial charge < -0.3 is 16.2 Å². The number of carboxylic acids is 1. The molecule has 0 radical (unpaired) electrons. The van der Waals surface area contributed by atoms with Crippen LogP contribution in [0.3, 0.4) is 0 Å². The molecule has 2 atom stereocenters. The molecule has 0 aromatic heterocycles. The van der Waals surface area contributed by atoms with Crippen molar-refractivity contribution in [1.82, 2.24) is 5.32 Å². The number of carbonyl (C=O) groups excluding carboxylic acids is 1. The van der Waals surface area contributed by atoms with Crippen LogP contribution in [0.4, 0.5) is 4.39 Å². The van der Waals surface area contributed by atoms with Crippen LogP contribution in [0, 0.1) is 17.2 Å². The molecule has 2 aromatic carbocycles. The number of nitrogens with one attached hydrogen (secondary N) is 1. The molecule has 0 unspecified atom stereocenters. The van der Waals surface area contributed by atoms with Crippen molar-refractivity contribution >= 4 is 11.9 Å². The van der Waals surface area contributed by atoms with Crippen LogP contribution in [0.25, 0.3) is 0 Å². The second-order valence-electron chi connectivity index (χ2n) is 9.72. The Morgan fingerprint density at radius 1 is 1.09 bits per heavy atom. The van der Waals surface area contributed by atoms with Gasteiger partial charge in [0.25, 0.3) is 5.91 Å². The molecular formula is C26H33FN2O3. The lowest BCUT2D eigenvalue weighted by atomic mass is 9.68. The van der Waals surface area contributed by atoms with Crippen LogP contribution in [0.1, 0.15) is 66.9 Å². The maximum atomic E-state index is 13.5. The first-order valence-electron chi connectivity index (χ1n) is 11.3. The zero-order chi connectivity index (χ0) is 23.3. The predicted octanol–water partition coefficient (Wildman–Crippen LogP) is 4.51. The SMILES string of the molecule is CC1(C)CCC([C@@H](CNC(=O)c2ccc(C[C@H](N)C(=O)O)cc2)c2ccc(F)cc2)CC1. The number of benzene rings is 2. The Balaban J connectivity index is 1.66. The Morgan fingerprint density at radius 2 is 1.69 bits per heavy atom. The average Bonchev–Trinajstić information content (AvgIpc) is 2.76. The minimum Gasteiger partial charge on any atom is -0.480 e. The van der Waals surface area contributed by atoms with Gasteiger partial charge in [0.1, 0.15) is 11.9 Å². The van der Waals surface area contributed by atoms with Crippen LogP contribution < -0.4 is 11.1 Å². The van der Waals surface area contributed by atoms with Crippen molar-refractivity contribution in [1.29, 1.82) is 0 Å². The van der Waals surface area contributed by atoms with E-state index in [0.717, 1.165) is 36.8 Å². The van der Waals surface area contributed by atoms with Gasteiger partial charge in [-0.25, -0.2) is 4.39 Å². The maximum Gasteiger partial charge on any atom is 0.320 e. The van der Waals surface area contributed by atoms with E-state index in [4.69, 9.17) is 10.8 Å². The third-order valence-electron chi connectivity index (χ3n) is 6.72. The first-order valence-corrected chi connectivity index (χ1v) is 11.3. The zero-order valence-corrected chi connectivity index (χ0v) is 18.8. The van der Waals surface area contributed by atoms with Gasteiger partial charge in [-0.3, -0.25) is 9.59 Å². The molecule has 4 N–H and O–H groups in total. The van der Waals surface area contributed by atoms with E-state index < -0.39 is 12.0 Å². The topological polar surface area (TPSA) is 92.4 Å². The van der Waals surface area contributed by atoms with Crippen molar-refractivity contribution < 1.29 is 19.1 Å². The summed E-state index contributed by atoms with van der Waals surface area (Å²) < 4.78 is 13.5. The monoisotopic (exact) mass is 440 g/mol. The van der Waals surface area contributed by atoms with Crippen molar-refractivity contribution in [3.63, 3.8) is 0 Å². The fraction of sp³-hybridized carbons (Fsp3) is 0.462. The lowest BCUT2D eigenvalue weighted by molar-refractivity contribution is -0.138. The molecule has 1 saturated carbocycles. The van der Waals surface area contributed by atoms with E-state index in [9.17, 15) is 14.0 Å². The molecule has 172 valence electrons. The Kier molecular flexibility index (Phi) is 7.67. The summed E-state index contributed by atoms with van der Waals surface area (Å²) in [6.07, 6.45) is 4.67. The summed E-state index contributed by atoms with van der Waals surface area (Å²) in [7, 11) is 0. The smallest absolute Gasteiger partial charge is 0.320 e. The maximum absolute atomic E-state index is 13.5. The van der Waals surface area contributed by atoms with Gasteiger partial charge in [-0.2, -0.15) is 0 Å². The summed E-state index contributed by atoms with van der Waals surface area (Å²) in [5, 5.41) is 12.0. The first-order chi connectivity index (χ1) is 15.1. The summed E-state index contributed by atoms with van der Waals surface area (Å²) in [5.74, 6) is -0.923. The Bertz CT molecular complexity index is 915. The number of carbonyl (C=O) groups is 2. The second kappa shape index (κ2) is 10.3. The fourth-order valence-electron chi connectivity index (χ4n) is 4.53. The second-order valence-corrected chi connectivity index (χ2v) is 9.72. The largest absolute Gasteiger partial charge is 0.480 e. The van der Waals surface area contributed by atoms with Gasteiger partial charge in [0, 0.05) is 18.0 Å². The third kappa shape index (κ3) is 6.39. The molecule has 32 heavy (non-hydrogen) atoms. The van der Waals surface area contributed by atoms with E-state index in [1.807, 2.05) is 12.1 Å². The fourth-order valence-corrected chi connectivity index (χ4v) is 4.53. The molecule has 6 heteroatoms. The van der Waals surface area contributed by atoms with Crippen LogP contribution >= 0.6 is 0 Å². The molecule has 1 fully saturated rings. The third-order valence-corrected chi connectivity index (χ3v) is 6.72. The molecule has 0 heterocycles. The van der Waals surface area contributed by atoms with Crippen LogP contribution in [-0.4, -0.2) is 29.6 Å². The Labute approximate surface area is 189 Å². The van der Waals surface area contributed by atoms with Crippen LogP contribution in [0.2, 0.25) is 0 Å². The van der Waals surface area contributed by atoms with Gasteiger partial charge >= 0.3 is 5.97 Å². The highest BCUT2D eigenvalue weighted by Crippen LogP contribution is 2.43. The molecule has 2 aromatic rings. The van der Waals surface area contributed by atoms with E-state index in [2.05, 4.69) is 19.2 Å². The summed E-state index contributed by atoms with van der Waals surface area (Å²) >= 11 is 0. The van der Waals surface area contributed by atoms with Gasteiger partial charge in [0.2, 0.25) is 0 Å². The van der Waals surface area contributed by atoms with Crippen molar-refractivity contribution in [2.75, 3.05) is 6.54 Å². The molecule has 3 rings (SSSR count). The van der Waals surface area contributed by atoms with Gasteiger partial charge in [-0.15, -0.1) is 0 Å². The van der Waals surface area contributed by atoms with Gasteiger partial charge in [0.15, 0.2) is 0 Å². The van der Waals surface area contributed by atoms with Gasteiger partial charge in [-0.1, -0.05) is 38.1 Å². The highest BCUT2D eigenvalue weighted by atomic mass is 19.1. The van der Waals surface area contributed by atoms with Crippen molar-refractivity contribution in [3.8, 4) is 0 Å². The average molecular weight is 441 g/mol. The predicted molar refractivity (Wildman–Crippen MR) is 123 cm³/mol. The number of amides is 1. The Hall–Kier alpha value is -2.73. The summed E-state index contributed by atoms with van der Waals surface area (Å²) in [4.78, 5) is 23.7. The van der Waals surface area contributed by atoms with E-state index >= 15 is 0 Å². The highest BCUT2D eigenvalue weighted by Gasteiger charge is 2.32. The van der Waals surface area contributed by atoms with Crippen molar-refractivity contribution in [2.24, 2.45) is 17.1 Å². The number of hydrogen-bond donors (Lipinski definition) is 3. The summed E-state index contributed by atoms with van der Waals surface area (Å²) in [6, 6.07) is 12.5. The van der Waals surface area contributed by atoms with Crippen LogP contribution in [0.5, 0.6) is 0 Å². The first kappa shape index (κ1) is 23.9. The van der Waals surface area contributed by atoms with E-state index in [-0.39, 0.29) is 24.1 Å².